The summed E-state index contributed by atoms with van der Waals surface area (Å²) in [5.41, 5.74) is 2.71. The van der Waals surface area contributed by atoms with Crippen LogP contribution in [0.25, 0.3) is 0 Å². The first kappa shape index (κ1) is 18.1. The number of ketones is 1. The second-order valence-electron chi connectivity index (χ2n) is 6.93. The molecule has 0 N–H and O–H groups in total. The van der Waals surface area contributed by atoms with E-state index in [-0.39, 0.29) is 24.1 Å². The van der Waals surface area contributed by atoms with Gasteiger partial charge in [0.25, 0.3) is 0 Å². The molecule has 0 aliphatic carbocycles. The first-order valence-electron chi connectivity index (χ1n) is 8.94. The predicted molar refractivity (Wildman–Crippen MR) is 101 cm³/mol. The van der Waals surface area contributed by atoms with Gasteiger partial charge in [-0.05, 0) is 37.6 Å². The van der Waals surface area contributed by atoms with E-state index < -0.39 is 0 Å². The Morgan fingerprint density at radius 3 is 2.50 bits per heavy atom. The van der Waals surface area contributed by atoms with Gasteiger partial charge in [0.1, 0.15) is 11.5 Å². The van der Waals surface area contributed by atoms with Crippen LogP contribution in [0.4, 0.5) is 0 Å². The number of rotatable bonds is 3. The molecule has 0 saturated heterocycles. The highest BCUT2D eigenvalue weighted by Crippen LogP contribution is 2.51. The summed E-state index contributed by atoms with van der Waals surface area (Å²) >= 11 is 0. The minimum atomic E-state index is -0.388. The summed E-state index contributed by atoms with van der Waals surface area (Å²) in [5.74, 6) is 1.36. The van der Waals surface area contributed by atoms with Gasteiger partial charge in [0.05, 0.1) is 26.2 Å². The van der Waals surface area contributed by atoms with Gasteiger partial charge in [-0.3, -0.25) is 9.59 Å². The van der Waals surface area contributed by atoms with Crippen LogP contribution < -0.4 is 18.9 Å². The van der Waals surface area contributed by atoms with Crippen LogP contribution >= 0.6 is 0 Å². The Bertz CT molecular complexity index is 1030. The number of benzene rings is 2. The Kier molecular flexibility index (Phi) is 4.34. The standard InChI is InChI=1S/C22H20O6/c1-11(2)20-19(24)13-8-9-15-18(22(13)28-20)14(10-17(23)27-15)12-6-5-7-16(25-3)21(12)26-4/h5-9,14H,10H2,1-4H3/t14-/m0/s1. The molecule has 0 amide bonds. The fraction of sp³-hybridized carbons (Fsp3) is 0.273. The van der Waals surface area contributed by atoms with Crippen molar-refractivity contribution < 1.29 is 28.5 Å². The fourth-order valence-corrected chi connectivity index (χ4v) is 3.77. The number of esters is 1. The van der Waals surface area contributed by atoms with E-state index in [9.17, 15) is 9.59 Å². The van der Waals surface area contributed by atoms with Crippen molar-refractivity contribution in [1.82, 2.24) is 0 Å². The van der Waals surface area contributed by atoms with Crippen molar-refractivity contribution in [1.29, 1.82) is 0 Å². The monoisotopic (exact) mass is 380 g/mol. The molecule has 1 atom stereocenters. The number of methoxy groups -OCH3 is 2. The van der Waals surface area contributed by atoms with Crippen LogP contribution in [0.3, 0.4) is 0 Å². The molecule has 0 unspecified atom stereocenters. The smallest absolute Gasteiger partial charge is 0.312 e. The highest BCUT2D eigenvalue weighted by molar-refractivity contribution is 6.13. The Morgan fingerprint density at radius 1 is 1.04 bits per heavy atom. The number of para-hydroxylation sites is 1. The van der Waals surface area contributed by atoms with Crippen molar-refractivity contribution in [3.63, 3.8) is 0 Å². The van der Waals surface area contributed by atoms with Gasteiger partial charge in [0.15, 0.2) is 17.3 Å². The molecular weight excluding hydrogens is 360 g/mol. The topological polar surface area (TPSA) is 71.1 Å². The number of ether oxygens (including phenoxy) is 4. The Labute approximate surface area is 162 Å². The third-order valence-corrected chi connectivity index (χ3v) is 5.02. The fourth-order valence-electron chi connectivity index (χ4n) is 3.77. The SMILES string of the molecule is COc1cccc([C@@H]2CC(=O)Oc3ccc4c(c32)OC(=C(C)C)C4=O)c1OC. The van der Waals surface area contributed by atoms with Gasteiger partial charge in [0.2, 0.25) is 5.78 Å². The maximum atomic E-state index is 12.7. The zero-order valence-electron chi connectivity index (χ0n) is 16.1. The van der Waals surface area contributed by atoms with Gasteiger partial charge in [-0.15, -0.1) is 0 Å². The Hall–Kier alpha value is -3.28. The van der Waals surface area contributed by atoms with E-state index in [0.717, 1.165) is 11.1 Å². The van der Waals surface area contributed by atoms with E-state index >= 15 is 0 Å². The molecule has 0 bridgehead atoms. The number of hydrogen-bond donors (Lipinski definition) is 0. The van der Waals surface area contributed by atoms with Crippen LogP contribution in [0.15, 0.2) is 41.7 Å². The van der Waals surface area contributed by atoms with Crippen molar-refractivity contribution in [2.45, 2.75) is 26.2 Å². The molecule has 2 aliphatic rings. The number of carbonyl (C=O) groups excluding carboxylic acids is 2. The minimum Gasteiger partial charge on any atom is -0.493 e. The summed E-state index contributed by atoms with van der Waals surface area (Å²) in [7, 11) is 3.12. The molecule has 2 aromatic carbocycles. The lowest BCUT2D eigenvalue weighted by atomic mass is 9.84. The van der Waals surface area contributed by atoms with Crippen molar-refractivity contribution in [3.05, 3.63) is 58.4 Å². The molecule has 144 valence electrons. The van der Waals surface area contributed by atoms with E-state index in [0.29, 0.717) is 39.9 Å². The zero-order valence-corrected chi connectivity index (χ0v) is 16.1. The minimum absolute atomic E-state index is 0.106. The summed E-state index contributed by atoms with van der Waals surface area (Å²) in [5, 5.41) is 0. The van der Waals surface area contributed by atoms with Crippen molar-refractivity contribution in [3.8, 4) is 23.0 Å². The number of allylic oxidation sites excluding steroid dienone is 2. The van der Waals surface area contributed by atoms with Crippen LogP contribution in [0.5, 0.6) is 23.0 Å². The molecule has 28 heavy (non-hydrogen) atoms. The Morgan fingerprint density at radius 2 is 1.82 bits per heavy atom. The highest BCUT2D eigenvalue weighted by Gasteiger charge is 2.39. The second kappa shape index (κ2) is 6.71. The van der Waals surface area contributed by atoms with Crippen molar-refractivity contribution in [2.24, 2.45) is 0 Å². The molecule has 0 fully saturated rings. The Balaban J connectivity index is 1.95. The molecule has 0 saturated carbocycles. The number of Topliss-reactive ketones (excluding diaryl/α,β-unsaturated/α-hetero) is 1. The van der Waals surface area contributed by atoms with Crippen molar-refractivity contribution in [2.75, 3.05) is 14.2 Å². The van der Waals surface area contributed by atoms with E-state index in [1.165, 1.54) is 0 Å². The van der Waals surface area contributed by atoms with Crippen LogP contribution in [0, 0.1) is 0 Å². The average Bonchev–Trinajstić information content (AvgIpc) is 3.03. The third kappa shape index (κ3) is 2.64. The number of carbonyl (C=O) groups is 2. The summed E-state index contributed by atoms with van der Waals surface area (Å²) in [6.07, 6.45) is 0.106. The third-order valence-electron chi connectivity index (χ3n) is 5.02. The lowest BCUT2D eigenvalue weighted by molar-refractivity contribution is -0.135. The number of fused-ring (bicyclic) bond motifs is 3. The first-order valence-corrected chi connectivity index (χ1v) is 8.94. The first-order chi connectivity index (χ1) is 13.5. The largest absolute Gasteiger partial charge is 0.493 e. The maximum absolute atomic E-state index is 12.7. The summed E-state index contributed by atoms with van der Waals surface area (Å²) < 4.78 is 22.4. The highest BCUT2D eigenvalue weighted by atomic mass is 16.5. The molecule has 0 aromatic heterocycles. The zero-order chi connectivity index (χ0) is 20.0. The molecule has 6 heteroatoms. The lowest BCUT2D eigenvalue weighted by Crippen LogP contribution is -2.22. The molecule has 0 spiro atoms. The van der Waals surface area contributed by atoms with Crippen LogP contribution in [-0.2, 0) is 4.79 Å². The average molecular weight is 380 g/mol. The van der Waals surface area contributed by atoms with Gasteiger partial charge in [0, 0.05) is 17.0 Å². The normalized spacial score (nSPS) is 17.4. The van der Waals surface area contributed by atoms with E-state index in [1.807, 2.05) is 26.0 Å². The summed E-state index contributed by atoms with van der Waals surface area (Å²) in [4.78, 5) is 25.0. The van der Waals surface area contributed by atoms with Gasteiger partial charge < -0.3 is 18.9 Å². The van der Waals surface area contributed by atoms with E-state index in [2.05, 4.69) is 0 Å². The quantitative estimate of drug-likeness (QED) is 0.455. The van der Waals surface area contributed by atoms with Gasteiger partial charge >= 0.3 is 5.97 Å². The van der Waals surface area contributed by atoms with Gasteiger partial charge in [-0.2, -0.15) is 0 Å². The molecule has 6 nitrogen and oxygen atoms in total. The summed E-state index contributed by atoms with van der Waals surface area (Å²) in [6, 6.07) is 8.81. The summed E-state index contributed by atoms with van der Waals surface area (Å²) in [6.45, 7) is 3.66. The molecule has 2 heterocycles. The molecule has 4 rings (SSSR count). The van der Waals surface area contributed by atoms with Gasteiger partial charge in [-0.1, -0.05) is 12.1 Å². The molecular formula is C22H20O6. The maximum Gasteiger partial charge on any atom is 0.312 e. The molecule has 2 aromatic rings. The lowest BCUT2D eigenvalue weighted by Gasteiger charge is -2.27. The molecule has 0 radical (unpaired) electrons. The number of hydrogen-bond acceptors (Lipinski definition) is 6. The van der Waals surface area contributed by atoms with E-state index in [4.69, 9.17) is 18.9 Å². The van der Waals surface area contributed by atoms with Crippen LogP contribution in [0.1, 0.15) is 47.7 Å². The van der Waals surface area contributed by atoms with Crippen molar-refractivity contribution >= 4 is 11.8 Å². The van der Waals surface area contributed by atoms with E-state index in [1.54, 1.807) is 32.4 Å². The molecule has 2 aliphatic heterocycles. The van der Waals surface area contributed by atoms with Crippen LogP contribution in [0.2, 0.25) is 0 Å². The van der Waals surface area contributed by atoms with Gasteiger partial charge in [-0.25, -0.2) is 0 Å². The predicted octanol–water partition coefficient (Wildman–Crippen LogP) is 4.01. The second-order valence-corrected chi connectivity index (χ2v) is 6.93. The van der Waals surface area contributed by atoms with Crippen LogP contribution in [-0.4, -0.2) is 26.0 Å².